The first kappa shape index (κ1) is 31.9. The largest absolute Gasteiger partial charge is 0.486 e. The maximum absolute atomic E-state index is 15.4. The Bertz CT molecular complexity index is 1430. The number of carbonyl (C=O) groups is 2. The number of aromatic carboxylic acids is 1. The molecule has 2 fully saturated rings. The molecule has 42 heavy (non-hydrogen) atoms. The smallest absolute Gasteiger partial charge is 0.410 e. The van der Waals surface area contributed by atoms with Crippen LogP contribution in [0.25, 0.3) is 10.9 Å². The number of ether oxygens (including phenoxy) is 2. The van der Waals surface area contributed by atoms with Gasteiger partial charge in [0.05, 0.1) is 23.0 Å². The van der Waals surface area contributed by atoms with Crippen molar-refractivity contribution in [1.29, 1.82) is 0 Å². The molecule has 9 nitrogen and oxygen atoms in total. The van der Waals surface area contributed by atoms with Crippen molar-refractivity contribution in [2.75, 3.05) is 13.2 Å². The van der Waals surface area contributed by atoms with E-state index in [1.807, 2.05) is 0 Å². The zero-order valence-corrected chi connectivity index (χ0v) is 26.8. The van der Waals surface area contributed by atoms with Crippen molar-refractivity contribution in [1.82, 2.24) is 9.47 Å². The van der Waals surface area contributed by atoms with E-state index < -0.39 is 61.1 Å². The number of fused-ring (bicyclic) bond motifs is 1. The number of rotatable bonds is 8. The molecule has 1 amide bonds. The van der Waals surface area contributed by atoms with Crippen LogP contribution in [-0.4, -0.2) is 66.6 Å². The maximum atomic E-state index is 15.4. The molecule has 0 bridgehead atoms. The van der Waals surface area contributed by atoms with E-state index in [2.05, 4.69) is 33.9 Å². The number of carboxylic acid groups (broad SMARTS) is 1. The van der Waals surface area contributed by atoms with E-state index in [4.69, 9.17) is 13.9 Å². The molecule has 1 aliphatic heterocycles. The molecule has 1 saturated carbocycles. The van der Waals surface area contributed by atoms with Gasteiger partial charge in [0.15, 0.2) is 20.6 Å². The number of benzene rings is 1. The van der Waals surface area contributed by atoms with E-state index in [0.717, 1.165) is 6.07 Å². The molecule has 2 aromatic rings. The normalized spacial score (nSPS) is 20.3. The van der Waals surface area contributed by atoms with Gasteiger partial charge in [0, 0.05) is 24.7 Å². The van der Waals surface area contributed by atoms with E-state index >= 15 is 4.39 Å². The molecule has 1 N–H and O–H groups in total. The third-order valence-electron chi connectivity index (χ3n) is 7.53. The number of pyridine rings is 1. The number of carbonyl (C=O) groups excluding carboxylic acids is 1. The molecule has 2 heterocycles. The van der Waals surface area contributed by atoms with E-state index in [0.29, 0.717) is 25.8 Å². The first-order valence-electron chi connectivity index (χ1n) is 14.5. The fourth-order valence-corrected chi connectivity index (χ4v) is 6.94. The van der Waals surface area contributed by atoms with Crippen molar-refractivity contribution in [3.63, 3.8) is 0 Å². The fraction of sp³-hybridized carbons (Fsp3) is 0.633. The molecular formula is C30H42F2N2O7Si. The van der Waals surface area contributed by atoms with Gasteiger partial charge in [0.2, 0.25) is 11.2 Å². The van der Waals surface area contributed by atoms with Crippen LogP contribution in [-0.2, 0) is 9.16 Å². The van der Waals surface area contributed by atoms with E-state index in [9.17, 15) is 23.9 Å². The lowest BCUT2D eigenvalue weighted by Gasteiger charge is -2.37. The molecular weight excluding hydrogens is 566 g/mol. The minimum Gasteiger partial charge on any atom is -0.486 e. The van der Waals surface area contributed by atoms with Gasteiger partial charge in [-0.2, -0.15) is 4.39 Å². The Labute approximate surface area is 246 Å². The van der Waals surface area contributed by atoms with Gasteiger partial charge in [-0.3, -0.25) is 4.79 Å². The number of hydrogen-bond donors (Lipinski definition) is 1. The zero-order chi connectivity index (χ0) is 31.3. The first-order valence-corrected chi connectivity index (χ1v) is 17.2. The van der Waals surface area contributed by atoms with Gasteiger partial charge in [0.25, 0.3) is 0 Å². The second-order valence-electron chi connectivity index (χ2n) is 13.8. The predicted octanol–water partition coefficient (Wildman–Crippen LogP) is 5.73. The number of nitrogens with zero attached hydrogens (tertiary/aromatic N) is 2. The van der Waals surface area contributed by atoms with Gasteiger partial charge in [-0.1, -0.05) is 20.8 Å². The molecule has 1 aromatic heterocycles. The number of amides is 1. The summed E-state index contributed by atoms with van der Waals surface area (Å²) >= 11 is 0. The quantitative estimate of drug-likeness (QED) is 0.382. The second kappa shape index (κ2) is 11.6. The van der Waals surface area contributed by atoms with Crippen LogP contribution in [0.2, 0.25) is 13.1 Å². The molecule has 1 saturated heterocycles. The van der Waals surface area contributed by atoms with Gasteiger partial charge >= 0.3 is 12.1 Å². The third-order valence-corrected chi connectivity index (χ3v) is 8.37. The summed E-state index contributed by atoms with van der Waals surface area (Å²) in [5.74, 6) is -4.58. The molecule has 2 aliphatic rings. The number of aromatic nitrogens is 1. The van der Waals surface area contributed by atoms with Crippen LogP contribution < -0.4 is 10.2 Å². The molecule has 1 aliphatic carbocycles. The van der Waals surface area contributed by atoms with Gasteiger partial charge in [-0.25, -0.2) is 14.0 Å². The predicted molar refractivity (Wildman–Crippen MR) is 157 cm³/mol. The van der Waals surface area contributed by atoms with Crippen LogP contribution in [0.5, 0.6) is 5.75 Å². The van der Waals surface area contributed by atoms with Crippen LogP contribution in [0.1, 0.15) is 77.2 Å². The third kappa shape index (κ3) is 6.80. The van der Waals surface area contributed by atoms with E-state index in [1.165, 1.54) is 10.8 Å². The summed E-state index contributed by atoms with van der Waals surface area (Å²) < 4.78 is 49.8. The average molecular weight is 609 g/mol. The Kier molecular flexibility index (Phi) is 8.81. The van der Waals surface area contributed by atoms with Gasteiger partial charge in [-0.05, 0) is 64.6 Å². The topological polar surface area (TPSA) is 107 Å². The monoisotopic (exact) mass is 608 g/mol. The Morgan fingerprint density at radius 2 is 1.79 bits per heavy atom. The van der Waals surface area contributed by atoms with Gasteiger partial charge in [0.1, 0.15) is 17.8 Å². The van der Waals surface area contributed by atoms with Crippen molar-refractivity contribution in [3.8, 4) is 5.75 Å². The standard InChI is InChI=1S/C30H42F2N2O7Si/c1-29(2,3)26(41-42(7)8)16-11-18(34(13-16)28(38)40-30(4,5)6)15-39-25-22(32)21(31)12-19-23(25)33(17-9-10-17)14-20(24(19)35)27(36)37/h12,14,16-18,26,42H,9-11,13,15H2,1-8H3,(H,36,37)/t16-,18+,26?/m1/s1. The van der Waals surface area contributed by atoms with Crippen LogP contribution in [0.15, 0.2) is 17.1 Å². The van der Waals surface area contributed by atoms with Crippen LogP contribution in [0.3, 0.4) is 0 Å². The number of hydrogen-bond acceptors (Lipinski definition) is 6. The number of halogens is 2. The van der Waals surface area contributed by atoms with E-state index in [1.54, 1.807) is 25.7 Å². The molecule has 1 unspecified atom stereocenters. The molecule has 1 aromatic carbocycles. The summed E-state index contributed by atoms with van der Waals surface area (Å²) in [4.78, 5) is 39.6. The van der Waals surface area contributed by atoms with Crippen LogP contribution in [0, 0.1) is 23.0 Å². The Morgan fingerprint density at radius 1 is 1.14 bits per heavy atom. The zero-order valence-electron chi connectivity index (χ0n) is 25.6. The highest BCUT2D eigenvalue weighted by Gasteiger charge is 2.45. The highest BCUT2D eigenvalue weighted by molar-refractivity contribution is 6.48. The lowest BCUT2D eigenvalue weighted by atomic mass is 9.80. The summed E-state index contributed by atoms with van der Waals surface area (Å²) in [5, 5.41) is 9.29. The summed E-state index contributed by atoms with van der Waals surface area (Å²) in [5.41, 5.74) is -2.41. The summed E-state index contributed by atoms with van der Waals surface area (Å²) in [6, 6.07) is 0.00635. The Hall–Kier alpha value is -2.99. The molecule has 232 valence electrons. The minimum atomic E-state index is -1.45. The van der Waals surface area contributed by atoms with Crippen molar-refractivity contribution in [2.45, 2.75) is 97.7 Å². The van der Waals surface area contributed by atoms with Crippen LogP contribution >= 0.6 is 0 Å². The molecule has 3 atom stereocenters. The van der Waals surface area contributed by atoms with Gasteiger partial charge in [-0.15, -0.1) is 0 Å². The highest BCUT2D eigenvalue weighted by Crippen LogP contribution is 2.42. The highest BCUT2D eigenvalue weighted by atomic mass is 28.3. The molecule has 12 heteroatoms. The first-order chi connectivity index (χ1) is 19.4. The minimum absolute atomic E-state index is 0.00599. The van der Waals surface area contributed by atoms with Crippen molar-refractivity contribution in [3.05, 3.63) is 39.7 Å². The molecule has 4 rings (SSSR count). The fourth-order valence-electron chi connectivity index (χ4n) is 5.72. The van der Waals surface area contributed by atoms with Crippen molar-refractivity contribution in [2.24, 2.45) is 11.3 Å². The van der Waals surface area contributed by atoms with Crippen molar-refractivity contribution < 1.29 is 37.4 Å². The Morgan fingerprint density at radius 3 is 2.31 bits per heavy atom. The van der Waals surface area contributed by atoms with Gasteiger partial charge < -0.3 is 28.5 Å². The Balaban J connectivity index is 1.74. The lowest BCUT2D eigenvalue weighted by molar-refractivity contribution is 0.0134. The van der Waals surface area contributed by atoms with Crippen LogP contribution in [0.4, 0.5) is 13.6 Å². The van der Waals surface area contributed by atoms with Crippen molar-refractivity contribution >= 4 is 32.0 Å². The summed E-state index contributed by atoms with van der Waals surface area (Å²) in [7, 11) is -1.45. The SMILES string of the molecule is C[SiH](C)OC([C@@H]1C[C@@H](COc2c(F)c(F)cc3c(=O)c(C(=O)O)cn(C4CC4)c23)N(C(=O)OC(C)(C)C)C1)C(C)(C)C. The average Bonchev–Trinajstić information content (AvgIpc) is 3.60. The molecule has 0 spiro atoms. The summed E-state index contributed by atoms with van der Waals surface area (Å²) in [6.45, 7) is 15.9. The van der Waals surface area contributed by atoms with E-state index in [-0.39, 0.29) is 41.0 Å². The number of likely N-dealkylation sites (tertiary alicyclic amines) is 1. The lowest BCUT2D eigenvalue weighted by Crippen LogP contribution is -2.43. The maximum Gasteiger partial charge on any atom is 0.410 e. The summed E-state index contributed by atoms with van der Waals surface area (Å²) in [6.07, 6.45) is 2.35. The second-order valence-corrected chi connectivity index (χ2v) is 16.1. The molecule has 0 radical (unpaired) electrons. The number of carboxylic acids is 1.